The van der Waals surface area contributed by atoms with Gasteiger partial charge in [-0.2, -0.15) is 5.10 Å². The molecule has 0 spiro atoms. The summed E-state index contributed by atoms with van der Waals surface area (Å²) in [5.41, 5.74) is 2.27. The Kier molecular flexibility index (Phi) is 3.63. The minimum atomic E-state index is 0.952. The van der Waals surface area contributed by atoms with Crippen molar-refractivity contribution < 1.29 is 0 Å². The smallest absolute Gasteiger partial charge is 0.210 e. The van der Waals surface area contributed by atoms with Crippen molar-refractivity contribution in [2.45, 2.75) is 41.2 Å². The Balaban J connectivity index is 3.28. The Labute approximate surface area is 88.8 Å². The predicted molar refractivity (Wildman–Crippen MR) is 61.8 cm³/mol. The van der Waals surface area contributed by atoms with E-state index in [4.69, 9.17) is 0 Å². The third-order valence-electron chi connectivity index (χ3n) is 2.04. The number of nitrogens with zero attached hydrogens (tertiary/aromatic N) is 3. The fourth-order valence-corrected chi connectivity index (χ4v) is 2.18. The van der Waals surface area contributed by atoms with Crippen LogP contribution in [0.2, 0.25) is 0 Å². The molecule has 1 rings (SSSR count). The maximum absolute atomic E-state index is 4.23. The lowest BCUT2D eigenvalue weighted by Crippen LogP contribution is -2.14. The Morgan fingerprint density at radius 2 is 2.00 bits per heavy atom. The van der Waals surface area contributed by atoms with Crippen molar-refractivity contribution in [2.24, 2.45) is 10.2 Å². The highest BCUT2D eigenvalue weighted by atomic mass is 32.1. The van der Waals surface area contributed by atoms with Crippen LogP contribution in [0.3, 0.4) is 0 Å². The van der Waals surface area contributed by atoms with Crippen molar-refractivity contribution in [3.8, 4) is 0 Å². The van der Waals surface area contributed by atoms with E-state index >= 15 is 0 Å². The van der Waals surface area contributed by atoms with E-state index in [-0.39, 0.29) is 0 Å². The molecule has 1 aromatic heterocycles. The molecule has 78 valence electrons. The predicted octanol–water partition coefficient (Wildman–Crippen LogP) is 2.48. The van der Waals surface area contributed by atoms with Crippen LogP contribution in [-0.2, 0) is 6.54 Å². The molecule has 14 heavy (non-hydrogen) atoms. The molecule has 0 saturated heterocycles. The van der Waals surface area contributed by atoms with Crippen LogP contribution in [0.15, 0.2) is 10.2 Å². The lowest BCUT2D eigenvalue weighted by Gasteiger charge is -1.99. The highest BCUT2D eigenvalue weighted by molar-refractivity contribution is 7.09. The normalized spacial score (nSPS) is 11.9. The maximum atomic E-state index is 4.23. The van der Waals surface area contributed by atoms with Crippen LogP contribution in [0.5, 0.6) is 0 Å². The van der Waals surface area contributed by atoms with E-state index in [1.807, 2.05) is 13.8 Å². The summed E-state index contributed by atoms with van der Waals surface area (Å²) in [6, 6.07) is 0. The summed E-state index contributed by atoms with van der Waals surface area (Å²) in [6.45, 7) is 11.2. The highest BCUT2D eigenvalue weighted by Gasteiger charge is 2.03. The Morgan fingerprint density at radius 3 is 2.50 bits per heavy atom. The monoisotopic (exact) mass is 211 g/mol. The number of hydrogen-bond donors (Lipinski definition) is 0. The summed E-state index contributed by atoms with van der Waals surface area (Å²) in [7, 11) is 0. The van der Waals surface area contributed by atoms with Gasteiger partial charge in [0.05, 0.1) is 0 Å². The summed E-state index contributed by atoms with van der Waals surface area (Å²) in [4.78, 5) is 2.30. The molecular weight excluding hydrogens is 194 g/mol. The minimum absolute atomic E-state index is 0.952. The van der Waals surface area contributed by atoms with Gasteiger partial charge in [-0.3, -0.25) is 0 Å². The average Bonchev–Trinajstić information content (AvgIpc) is 2.39. The quantitative estimate of drug-likeness (QED) is 0.531. The molecule has 4 heteroatoms. The third-order valence-corrected chi connectivity index (χ3v) is 3.13. The molecule has 0 N–H and O–H groups in total. The van der Waals surface area contributed by atoms with Crippen molar-refractivity contribution in [2.75, 3.05) is 0 Å². The zero-order chi connectivity index (χ0) is 10.7. The van der Waals surface area contributed by atoms with E-state index in [9.17, 15) is 0 Å². The first kappa shape index (κ1) is 11.2. The van der Waals surface area contributed by atoms with Gasteiger partial charge in [0.2, 0.25) is 4.80 Å². The van der Waals surface area contributed by atoms with Crippen LogP contribution in [0.1, 0.15) is 31.3 Å². The molecule has 0 aliphatic rings. The molecule has 1 heterocycles. The van der Waals surface area contributed by atoms with Crippen LogP contribution >= 0.6 is 11.3 Å². The SMILES string of the molecule is CCn1c(C)c(C)sc1=NN=C(C)C. The second kappa shape index (κ2) is 4.55. The van der Waals surface area contributed by atoms with E-state index < -0.39 is 0 Å². The molecule has 0 amide bonds. The Bertz CT molecular complexity index is 405. The van der Waals surface area contributed by atoms with Crippen molar-refractivity contribution in [1.82, 2.24) is 4.57 Å². The van der Waals surface area contributed by atoms with Crippen molar-refractivity contribution in [3.05, 3.63) is 15.4 Å². The topological polar surface area (TPSA) is 29.6 Å². The van der Waals surface area contributed by atoms with Crippen molar-refractivity contribution >= 4 is 17.0 Å². The van der Waals surface area contributed by atoms with Crippen LogP contribution in [0.4, 0.5) is 0 Å². The average molecular weight is 211 g/mol. The Morgan fingerprint density at radius 1 is 1.36 bits per heavy atom. The van der Waals surface area contributed by atoms with E-state index in [1.54, 1.807) is 11.3 Å². The molecule has 0 saturated carbocycles. The first-order chi connectivity index (χ1) is 6.56. The third kappa shape index (κ3) is 2.32. The lowest BCUT2D eigenvalue weighted by molar-refractivity contribution is 0.702. The van der Waals surface area contributed by atoms with E-state index in [0.717, 1.165) is 17.1 Å². The summed E-state index contributed by atoms with van der Waals surface area (Å²) < 4.78 is 2.19. The van der Waals surface area contributed by atoms with Crippen LogP contribution < -0.4 is 4.80 Å². The van der Waals surface area contributed by atoms with E-state index in [1.165, 1.54) is 10.6 Å². The lowest BCUT2D eigenvalue weighted by atomic mass is 10.4. The second-order valence-corrected chi connectivity index (χ2v) is 4.60. The number of aryl methyl sites for hydroxylation is 1. The van der Waals surface area contributed by atoms with Crippen molar-refractivity contribution in [3.63, 3.8) is 0 Å². The van der Waals surface area contributed by atoms with E-state index in [0.29, 0.717) is 0 Å². The second-order valence-electron chi connectivity index (χ2n) is 3.42. The molecular formula is C10H17N3S. The molecule has 0 aromatic carbocycles. The largest absolute Gasteiger partial charge is 0.320 e. The zero-order valence-corrected chi connectivity index (χ0v) is 10.3. The van der Waals surface area contributed by atoms with Gasteiger partial charge in [0.1, 0.15) is 0 Å². The zero-order valence-electron chi connectivity index (χ0n) is 9.46. The summed E-state index contributed by atoms with van der Waals surface area (Å²) in [6.07, 6.45) is 0. The van der Waals surface area contributed by atoms with Crippen molar-refractivity contribution in [1.29, 1.82) is 0 Å². The highest BCUT2D eigenvalue weighted by Crippen LogP contribution is 2.09. The van der Waals surface area contributed by atoms with Crippen LogP contribution in [0, 0.1) is 13.8 Å². The fraction of sp³-hybridized carbons (Fsp3) is 0.600. The van der Waals surface area contributed by atoms with Gasteiger partial charge in [-0.1, -0.05) is 0 Å². The summed E-state index contributed by atoms with van der Waals surface area (Å²) in [5.74, 6) is 0. The molecule has 0 radical (unpaired) electrons. The van der Waals surface area contributed by atoms with E-state index in [2.05, 4.69) is 35.5 Å². The summed E-state index contributed by atoms with van der Waals surface area (Å²) >= 11 is 1.70. The van der Waals surface area contributed by atoms with Gasteiger partial charge in [0.25, 0.3) is 0 Å². The van der Waals surface area contributed by atoms with Gasteiger partial charge < -0.3 is 4.57 Å². The molecule has 0 atom stereocenters. The van der Waals surface area contributed by atoms with Gasteiger partial charge in [-0.25, -0.2) is 0 Å². The standard InChI is InChI=1S/C10H17N3S/c1-6-13-8(4)9(5)14-10(13)12-11-7(2)3/h6H2,1-5H3. The molecule has 3 nitrogen and oxygen atoms in total. The first-order valence-corrected chi connectivity index (χ1v) is 5.59. The maximum Gasteiger partial charge on any atom is 0.210 e. The molecule has 1 aromatic rings. The summed E-state index contributed by atoms with van der Waals surface area (Å²) in [5, 5.41) is 8.32. The molecule has 0 unspecified atom stereocenters. The van der Waals surface area contributed by atoms with Crippen LogP contribution in [0.25, 0.3) is 0 Å². The van der Waals surface area contributed by atoms with Gasteiger partial charge in [0.15, 0.2) is 0 Å². The van der Waals surface area contributed by atoms with Gasteiger partial charge in [-0.05, 0) is 34.6 Å². The first-order valence-electron chi connectivity index (χ1n) is 4.78. The number of rotatable bonds is 2. The fourth-order valence-electron chi connectivity index (χ4n) is 1.19. The van der Waals surface area contributed by atoms with Gasteiger partial charge in [-0.15, -0.1) is 16.4 Å². The van der Waals surface area contributed by atoms with Crippen LogP contribution in [-0.4, -0.2) is 10.3 Å². The van der Waals surface area contributed by atoms with Gasteiger partial charge in [0, 0.05) is 22.8 Å². The minimum Gasteiger partial charge on any atom is -0.320 e. The molecule has 0 aliphatic carbocycles. The number of hydrogen-bond acceptors (Lipinski definition) is 3. The van der Waals surface area contributed by atoms with Gasteiger partial charge >= 0.3 is 0 Å². The Hall–Kier alpha value is -0.900. The molecule has 0 aliphatic heterocycles. The molecule has 0 fully saturated rings. The number of aromatic nitrogens is 1. The number of thiazole rings is 1. The molecule has 0 bridgehead atoms.